The van der Waals surface area contributed by atoms with Gasteiger partial charge in [0.2, 0.25) is 0 Å². The highest BCUT2D eigenvalue weighted by atomic mass is 36.0. The molecular weight excluding hydrogens is 1220 g/mol. The predicted octanol–water partition coefficient (Wildman–Crippen LogP) is 13.7. The first-order valence-corrected chi connectivity index (χ1v) is 47.4. The molecule has 0 heterocycles. The number of hydrogen-bond acceptors (Lipinski definition) is 8. The predicted molar refractivity (Wildman–Crippen MR) is 230 cm³/mol. The van der Waals surface area contributed by atoms with Crippen LogP contribution in [0.5, 0.6) is 0 Å². The van der Waals surface area contributed by atoms with E-state index in [2.05, 4.69) is 12.3 Å². The summed E-state index contributed by atoms with van der Waals surface area (Å²) >= 11 is 112. The van der Waals surface area contributed by atoms with Gasteiger partial charge in [0.05, 0.1) is 0 Å². The molecule has 8 nitrogen and oxygen atoms in total. The number of hydrogen-bond donors (Lipinski definition) is 0. The molecule has 292 valence electrons. The molecule has 0 radical (unpaired) electrons. The second-order valence-corrected chi connectivity index (χ2v) is 62.2. The summed E-state index contributed by atoms with van der Waals surface area (Å²) in [6, 6.07) is 0. The lowest BCUT2D eigenvalue weighted by atomic mass is 10.9. The summed E-state index contributed by atoms with van der Waals surface area (Å²) in [6.45, 7) is 11.8. The molecule has 0 bridgehead atoms. The second kappa shape index (κ2) is 31.4. The minimum atomic E-state index is -3.70. The quantitative estimate of drug-likeness (QED) is 0.112. The minimum Gasteiger partial charge on any atom is -0.387 e. The fourth-order valence-corrected chi connectivity index (χ4v) is 33.3. The Hall–Kier alpha value is 7.51. The van der Waals surface area contributed by atoms with Crippen molar-refractivity contribution in [2.45, 2.75) is 34.6 Å². The largest absolute Gasteiger partial charge is 0.613 e. The van der Waals surface area contributed by atoms with Gasteiger partial charge in [0.25, 0.3) is 0 Å². The van der Waals surface area contributed by atoms with Gasteiger partial charge in [-0.2, -0.15) is 0 Å². The van der Waals surface area contributed by atoms with Crippen LogP contribution in [0.25, 0.3) is 0 Å². The van der Waals surface area contributed by atoms with Gasteiger partial charge >= 0.3 is 52.8 Å². The zero-order chi connectivity index (χ0) is 39.2. The van der Waals surface area contributed by atoms with E-state index < -0.39 is 52.8 Å². The molecule has 0 unspecified atom stereocenters. The van der Waals surface area contributed by atoms with E-state index in [1.807, 2.05) is 34.6 Å². The second-order valence-electron chi connectivity index (χ2n) is 6.09. The van der Waals surface area contributed by atoms with E-state index in [9.17, 15) is 0 Å². The van der Waals surface area contributed by atoms with Gasteiger partial charge in [-0.1, -0.05) is 188 Å². The van der Waals surface area contributed by atoms with E-state index >= 15 is 0 Å². The molecule has 0 N–H and O–H groups in total. The third kappa shape index (κ3) is 68.5. The van der Waals surface area contributed by atoms with Crippen LogP contribution in [0.15, 0.2) is 0 Å². The van der Waals surface area contributed by atoms with Crippen molar-refractivity contribution >= 4 is 285 Å². The number of rotatable bonds is 16. The van der Waals surface area contributed by atoms with Crippen LogP contribution in [0.1, 0.15) is 34.6 Å². The maximum absolute atomic E-state index is 5.91. The first-order valence-electron chi connectivity index (χ1n) is 11.2. The smallest absolute Gasteiger partial charge is 0.387 e. The molecule has 0 atom stereocenters. The lowest BCUT2D eigenvalue weighted by Gasteiger charge is -2.23. The summed E-state index contributed by atoms with van der Waals surface area (Å²) < 4.78 is 39.2. The summed E-state index contributed by atoms with van der Waals surface area (Å²) in [5.41, 5.74) is 0. The Labute approximate surface area is 382 Å². The molecular formula is C10H25Cl21O8Si8. The van der Waals surface area contributed by atoms with Gasteiger partial charge in [0.1, 0.15) is 0 Å². The Kier molecular flexibility index (Phi) is 42.6. The monoisotopic (exact) mass is 1230 g/mol. The maximum Gasteiger partial charge on any atom is 0.613 e. The molecule has 37 heteroatoms. The minimum absolute atomic E-state index is 0.499. The lowest BCUT2D eigenvalue weighted by molar-refractivity contribution is 0.0943. The van der Waals surface area contributed by atoms with Crippen molar-refractivity contribution in [2.75, 3.05) is 33.0 Å². The van der Waals surface area contributed by atoms with Crippen LogP contribution in [0.3, 0.4) is 0 Å². The molecule has 0 amide bonds. The first-order chi connectivity index (χ1) is 20.4. The van der Waals surface area contributed by atoms with Crippen LogP contribution < -0.4 is 0 Å². The molecule has 0 aromatic heterocycles. The lowest BCUT2D eigenvalue weighted by Crippen LogP contribution is -2.42. The Balaban J connectivity index is -0.000000161. The zero-order valence-corrected chi connectivity index (χ0v) is 47.6. The Morgan fingerprint density at radius 1 is 0.298 bits per heavy atom. The highest BCUT2D eigenvalue weighted by Gasteiger charge is 2.50. The molecule has 47 heavy (non-hydrogen) atoms. The van der Waals surface area contributed by atoms with Crippen LogP contribution in [0.2, 0.25) is 0 Å². The van der Waals surface area contributed by atoms with Crippen molar-refractivity contribution in [2.24, 2.45) is 0 Å². The van der Waals surface area contributed by atoms with Gasteiger partial charge < -0.3 is 34.5 Å². The van der Waals surface area contributed by atoms with Crippen LogP contribution in [0.4, 0.5) is 0 Å². The molecule has 0 aliphatic heterocycles. The third-order valence-electron chi connectivity index (χ3n) is 2.28. The SMILES string of the molecule is CCO[Si](Cl)(Cl)OCC.CCO[Si](Cl)(OCC)OCC.Cl[Si](Cl)(Cl)Cl.Cl[Si](Cl)(Cl)O[Si](Cl)(Cl)Cl.Cl[Si](Cl)(Cl)O[Si](Cl)(Cl)O[Si](Cl)(Cl)Cl. The van der Waals surface area contributed by atoms with Gasteiger partial charge in [0.15, 0.2) is 0 Å². The standard InChI is InChI=1S/C6H15ClO3Si.C4H10Cl2O2Si.Cl8O2Si3.Cl6OSi2.Cl4Si/c1-4-8-11(7,9-5-2)10-6-3;1-3-7-9(5,6)8-4-2;1-11(2,3)9-13(7,8)10-12(4,5)6;1-8(2,3)7-9(4,5)6;1-5(2,3)4/h4-6H2,1-3H3;3-4H2,1-2H3;;;. The van der Waals surface area contributed by atoms with Crippen molar-refractivity contribution < 1.29 is 34.5 Å². The molecule has 0 aliphatic rings. The van der Waals surface area contributed by atoms with Crippen molar-refractivity contribution in [1.82, 2.24) is 0 Å². The van der Waals surface area contributed by atoms with Crippen LogP contribution in [-0.4, -0.2) is 85.8 Å². The molecule has 0 fully saturated rings. The van der Waals surface area contributed by atoms with E-state index in [1.54, 1.807) is 0 Å². The summed E-state index contributed by atoms with van der Waals surface area (Å²) in [6.07, 6.45) is -13.3. The van der Waals surface area contributed by atoms with Crippen molar-refractivity contribution in [3.8, 4) is 0 Å². The molecule has 0 saturated heterocycles. The average Bonchev–Trinajstić information content (AvgIpc) is 2.67. The van der Waals surface area contributed by atoms with Gasteiger partial charge in [0, 0.05) is 33.0 Å². The summed E-state index contributed by atoms with van der Waals surface area (Å²) in [5, 5.41) is -2.72. The zero-order valence-electron chi connectivity index (χ0n) is 23.7. The Bertz CT molecular complexity index is 693. The summed E-state index contributed by atoms with van der Waals surface area (Å²) in [7, 11) is -9.23. The molecule has 0 aliphatic carbocycles. The Morgan fingerprint density at radius 3 is 0.617 bits per heavy atom. The normalized spacial score (nSPS) is 13.1. The van der Waals surface area contributed by atoms with Crippen molar-refractivity contribution in [3.63, 3.8) is 0 Å². The summed E-state index contributed by atoms with van der Waals surface area (Å²) in [5.74, 6) is 0. The number of halogens is 21. The fourth-order valence-electron chi connectivity index (χ4n) is 1.44. The van der Waals surface area contributed by atoms with Gasteiger partial charge in [-0.3, -0.25) is 0 Å². The van der Waals surface area contributed by atoms with Crippen molar-refractivity contribution in [3.05, 3.63) is 0 Å². The molecule has 0 saturated carbocycles. The fraction of sp³-hybridized carbons (Fsp3) is 1.00. The van der Waals surface area contributed by atoms with Gasteiger partial charge in [-0.05, 0) is 34.6 Å². The van der Waals surface area contributed by atoms with E-state index in [-0.39, 0.29) is 0 Å². The van der Waals surface area contributed by atoms with E-state index in [0.29, 0.717) is 33.0 Å². The van der Waals surface area contributed by atoms with E-state index in [1.165, 1.54) is 0 Å². The topological polar surface area (TPSA) is 73.8 Å². The van der Waals surface area contributed by atoms with Crippen LogP contribution in [0, 0.1) is 0 Å². The molecule has 0 aromatic carbocycles. The first kappa shape index (κ1) is 63.7. The Morgan fingerprint density at radius 2 is 0.489 bits per heavy atom. The average molecular weight is 1240 g/mol. The van der Waals surface area contributed by atoms with E-state index in [0.717, 1.165) is 0 Å². The van der Waals surface area contributed by atoms with Crippen molar-refractivity contribution in [1.29, 1.82) is 0 Å². The molecule has 0 aromatic rings. The van der Waals surface area contributed by atoms with Gasteiger partial charge in [-0.25, -0.2) is 0 Å². The van der Waals surface area contributed by atoms with E-state index in [4.69, 9.17) is 255 Å². The molecule has 0 spiro atoms. The summed E-state index contributed by atoms with van der Waals surface area (Å²) in [4.78, 5) is 0. The van der Waals surface area contributed by atoms with Crippen LogP contribution in [-0.2, 0) is 34.5 Å². The highest BCUT2D eigenvalue weighted by Crippen LogP contribution is 2.36. The third-order valence-corrected chi connectivity index (χ3v) is 24.4. The molecule has 0 rings (SSSR count). The van der Waals surface area contributed by atoms with Crippen LogP contribution >= 0.6 is 233 Å². The van der Waals surface area contributed by atoms with Gasteiger partial charge in [-0.15, -0.1) is 44.3 Å². The highest BCUT2D eigenvalue weighted by molar-refractivity contribution is 7.81. The maximum atomic E-state index is 5.91.